The molecule has 0 saturated carbocycles. The van der Waals surface area contributed by atoms with Crippen LogP contribution in [0.2, 0.25) is 0 Å². The zero-order valence-corrected chi connectivity index (χ0v) is 16.1. The Balaban J connectivity index is 2.10. The van der Waals surface area contributed by atoms with E-state index in [0.29, 0.717) is 11.1 Å². The predicted octanol–water partition coefficient (Wildman–Crippen LogP) is 4.10. The number of likely N-dealkylation sites (tertiary alicyclic amines) is 1. The van der Waals surface area contributed by atoms with Gasteiger partial charge in [-0.25, -0.2) is 0 Å². The molecule has 1 N–H and O–H groups in total. The van der Waals surface area contributed by atoms with E-state index >= 15 is 0 Å². The van der Waals surface area contributed by atoms with Gasteiger partial charge in [-0.1, -0.05) is 49.1 Å². The van der Waals surface area contributed by atoms with Crippen molar-refractivity contribution in [3.8, 4) is 5.75 Å². The number of alkyl halides is 2. The SMILES string of the molecule is C=CC1=CC[C@@]2(Cl)C(=O)N(C)C(=O)[C@@]2(Cl)[C@H]1c1c(O)ccc2ccccc12. The van der Waals surface area contributed by atoms with Crippen molar-refractivity contribution < 1.29 is 14.7 Å². The van der Waals surface area contributed by atoms with Gasteiger partial charge < -0.3 is 5.11 Å². The number of phenolic OH excluding ortho intramolecular Hbond substituents is 1. The second-order valence-corrected chi connectivity index (χ2v) is 8.19. The summed E-state index contributed by atoms with van der Waals surface area (Å²) in [6, 6.07) is 10.8. The van der Waals surface area contributed by atoms with Gasteiger partial charge in [0.05, 0.1) is 0 Å². The Hall–Kier alpha value is -2.30. The average Bonchev–Trinajstić information content (AvgIpc) is 2.80. The van der Waals surface area contributed by atoms with E-state index in [1.807, 2.05) is 24.3 Å². The van der Waals surface area contributed by atoms with Gasteiger partial charge in [0.1, 0.15) is 5.75 Å². The smallest absolute Gasteiger partial charge is 0.253 e. The van der Waals surface area contributed by atoms with Crippen LogP contribution in [0, 0.1) is 0 Å². The molecule has 2 aromatic carbocycles. The fourth-order valence-electron chi connectivity index (χ4n) is 4.28. The molecule has 2 amide bonds. The number of halogens is 2. The Morgan fingerprint density at radius 1 is 1.19 bits per heavy atom. The number of nitrogens with zero attached hydrogens (tertiary/aromatic N) is 1. The quantitative estimate of drug-likeness (QED) is 0.608. The predicted molar refractivity (Wildman–Crippen MR) is 106 cm³/mol. The van der Waals surface area contributed by atoms with Crippen LogP contribution in [0.15, 0.2) is 60.7 Å². The highest BCUT2D eigenvalue weighted by Crippen LogP contribution is 2.60. The molecule has 1 saturated heterocycles. The van der Waals surface area contributed by atoms with E-state index < -0.39 is 27.5 Å². The van der Waals surface area contributed by atoms with E-state index in [4.69, 9.17) is 23.2 Å². The molecular formula is C21H17Cl2NO3. The minimum absolute atomic E-state index is 0.0119. The molecule has 1 aliphatic carbocycles. The molecule has 0 bridgehead atoms. The normalized spacial score (nSPS) is 30.4. The maximum atomic E-state index is 13.1. The van der Waals surface area contributed by atoms with Gasteiger partial charge in [-0.3, -0.25) is 14.5 Å². The Morgan fingerprint density at radius 3 is 2.59 bits per heavy atom. The third-order valence-corrected chi connectivity index (χ3v) is 7.07. The molecule has 4 nitrogen and oxygen atoms in total. The van der Waals surface area contributed by atoms with Crippen LogP contribution in [0.1, 0.15) is 17.9 Å². The number of phenols is 1. The van der Waals surface area contributed by atoms with E-state index in [0.717, 1.165) is 15.7 Å². The highest BCUT2D eigenvalue weighted by molar-refractivity contribution is 6.53. The lowest BCUT2D eigenvalue weighted by Gasteiger charge is -2.42. The van der Waals surface area contributed by atoms with Crippen LogP contribution in [0.5, 0.6) is 5.75 Å². The fourth-order valence-corrected chi connectivity index (χ4v) is 5.19. The first-order valence-corrected chi connectivity index (χ1v) is 9.26. The molecule has 0 spiro atoms. The van der Waals surface area contributed by atoms with Crippen LogP contribution in [0.3, 0.4) is 0 Å². The highest BCUT2D eigenvalue weighted by atomic mass is 35.5. The van der Waals surface area contributed by atoms with Gasteiger partial charge in [0.15, 0.2) is 9.75 Å². The summed E-state index contributed by atoms with van der Waals surface area (Å²) in [5.41, 5.74) is 1.12. The van der Waals surface area contributed by atoms with Crippen molar-refractivity contribution in [2.24, 2.45) is 0 Å². The van der Waals surface area contributed by atoms with E-state index in [-0.39, 0.29) is 12.2 Å². The van der Waals surface area contributed by atoms with Gasteiger partial charge in [0, 0.05) is 18.5 Å². The van der Waals surface area contributed by atoms with Gasteiger partial charge in [0.2, 0.25) is 0 Å². The number of hydrogen-bond donors (Lipinski definition) is 1. The number of carbonyl (C=O) groups excluding carboxylic acids is 2. The van der Waals surface area contributed by atoms with Crippen molar-refractivity contribution in [1.29, 1.82) is 0 Å². The topological polar surface area (TPSA) is 57.6 Å². The van der Waals surface area contributed by atoms with Crippen molar-refractivity contribution in [3.05, 3.63) is 66.3 Å². The number of amides is 2. The second-order valence-electron chi connectivity index (χ2n) is 6.95. The largest absolute Gasteiger partial charge is 0.508 e. The highest BCUT2D eigenvalue weighted by Gasteiger charge is 2.72. The minimum Gasteiger partial charge on any atom is -0.508 e. The Bertz CT molecular complexity index is 1050. The summed E-state index contributed by atoms with van der Waals surface area (Å²) < 4.78 is 0. The molecule has 6 heteroatoms. The summed E-state index contributed by atoms with van der Waals surface area (Å²) in [5.74, 6) is -1.94. The standard InChI is InChI=1S/C21H17Cl2NO3/c1-3-12-10-11-20(22)18(26)24(2)19(27)21(20,23)17(12)16-14-7-5-4-6-13(14)8-9-15(16)25/h3-10,17,25H,1,11H2,2H3/t17-,20-,21+/m1/s1. The lowest BCUT2D eigenvalue weighted by atomic mass is 9.67. The number of aromatic hydroxyl groups is 1. The number of benzene rings is 2. The summed E-state index contributed by atoms with van der Waals surface area (Å²) in [5, 5.41) is 12.4. The summed E-state index contributed by atoms with van der Waals surface area (Å²) >= 11 is 13.7. The maximum Gasteiger partial charge on any atom is 0.253 e. The van der Waals surface area contributed by atoms with Crippen molar-refractivity contribution in [1.82, 2.24) is 4.90 Å². The van der Waals surface area contributed by atoms with Crippen molar-refractivity contribution in [3.63, 3.8) is 0 Å². The van der Waals surface area contributed by atoms with Crippen LogP contribution >= 0.6 is 23.2 Å². The van der Waals surface area contributed by atoms with E-state index in [1.165, 1.54) is 7.05 Å². The number of rotatable bonds is 2. The molecule has 0 unspecified atom stereocenters. The van der Waals surface area contributed by atoms with Crippen molar-refractivity contribution in [2.75, 3.05) is 7.05 Å². The molecule has 0 aromatic heterocycles. The molecule has 138 valence electrons. The van der Waals surface area contributed by atoms with Crippen LogP contribution in [-0.4, -0.2) is 38.6 Å². The Morgan fingerprint density at radius 2 is 1.89 bits per heavy atom. The van der Waals surface area contributed by atoms with E-state index in [1.54, 1.807) is 24.3 Å². The number of allylic oxidation sites excluding steroid dienone is 3. The van der Waals surface area contributed by atoms with E-state index in [2.05, 4.69) is 6.58 Å². The molecule has 1 aliphatic heterocycles. The van der Waals surface area contributed by atoms with Crippen molar-refractivity contribution in [2.45, 2.75) is 22.1 Å². The van der Waals surface area contributed by atoms with Crippen LogP contribution in [0.4, 0.5) is 0 Å². The lowest BCUT2D eigenvalue weighted by Crippen LogP contribution is -2.54. The van der Waals surface area contributed by atoms with Crippen LogP contribution in [0.25, 0.3) is 10.8 Å². The van der Waals surface area contributed by atoms with Gasteiger partial charge in [0.25, 0.3) is 11.8 Å². The lowest BCUT2D eigenvalue weighted by molar-refractivity contribution is -0.137. The Labute approximate surface area is 166 Å². The van der Waals surface area contributed by atoms with Gasteiger partial charge >= 0.3 is 0 Å². The zero-order chi connectivity index (χ0) is 19.6. The number of carbonyl (C=O) groups is 2. The molecule has 1 fully saturated rings. The first kappa shape index (κ1) is 18.1. The average molecular weight is 402 g/mol. The van der Waals surface area contributed by atoms with Crippen molar-refractivity contribution >= 4 is 45.8 Å². The third-order valence-electron chi connectivity index (χ3n) is 5.66. The summed E-state index contributed by atoms with van der Waals surface area (Å²) in [7, 11) is 1.38. The number of imide groups is 1. The van der Waals surface area contributed by atoms with Crippen LogP contribution in [-0.2, 0) is 9.59 Å². The number of fused-ring (bicyclic) bond motifs is 2. The molecule has 3 atom stereocenters. The first-order chi connectivity index (χ1) is 12.8. The summed E-state index contributed by atoms with van der Waals surface area (Å²) in [4.78, 5) is 23.5. The molecule has 0 radical (unpaired) electrons. The van der Waals surface area contributed by atoms with E-state index in [9.17, 15) is 14.7 Å². The third kappa shape index (κ3) is 2.11. The fraction of sp³-hybridized carbons (Fsp3) is 0.238. The molecule has 4 rings (SSSR count). The summed E-state index contributed by atoms with van der Waals surface area (Å²) in [6.45, 7) is 3.84. The van der Waals surface area contributed by atoms with Gasteiger partial charge in [-0.15, -0.1) is 23.2 Å². The van der Waals surface area contributed by atoms with Crippen LogP contribution < -0.4 is 0 Å². The monoisotopic (exact) mass is 401 g/mol. The minimum atomic E-state index is -1.76. The molecule has 2 aliphatic rings. The molecule has 27 heavy (non-hydrogen) atoms. The molecular weight excluding hydrogens is 385 g/mol. The maximum absolute atomic E-state index is 13.1. The van der Waals surface area contributed by atoms with Gasteiger partial charge in [-0.2, -0.15) is 0 Å². The Kier molecular flexibility index (Phi) is 3.92. The molecule has 1 heterocycles. The molecule has 2 aromatic rings. The second kappa shape index (κ2) is 5.85. The first-order valence-electron chi connectivity index (χ1n) is 8.51. The van der Waals surface area contributed by atoms with Gasteiger partial charge in [-0.05, 0) is 28.8 Å². The summed E-state index contributed by atoms with van der Waals surface area (Å²) in [6.07, 6.45) is 3.48. The zero-order valence-electron chi connectivity index (χ0n) is 14.6. The number of hydrogen-bond acceptors (Lipinski definition) is 3.